The Morgan fingerprint density at radius 3 is 1.71 bits per heavy atom. The Labute approximate surface area is 201 Å². The van der Waals surface area contributed by atoms with Crippen LogP contribution in [0.2, 0.25) is 0 Å². The molecule has 0 amide bonds. The number of hydrogen-bond acceptors (Lipinski definition) is 4. The summed E-state index contributed by atoms with van der Waals surface area (Å²) in [5.74, 6) is -0.673. The van der Waals surface area contributed by atoms with E-state index in [4.69, 9.17) is 9.47 Å². The molecule has 0 bridgehead atoms. The van der Waals surface area contributed by atoms with E-state index in [-0.39, 0.29) is 27.8 Å². The van der Waals surface area contributed by atoms with Crippen LogP contribution < -0.4 is 9.47 Å². The maximum atomic E-state index is 12.8. The van der Waals surface area contributed by atoms with Gasteiger partial charge in [0, 0.05) is 5.57 Å². The molecule has 4 aromatic rings. The zero-order chi connectivity index (χ0) is 23.9. The van der Waals surface area contributed by atoms with E-state index in [2.05, 4.69) is 30.8 Å². The van der Waals surface area contributed by atoms with Crippen LogP contribution in [0.15, 0.2) is 136 Å². The summed E-state index contributed by atoms with van der Waals surface area (Å²) >= 11 is 0. The van der Waals surface area contributed by atoms with E-state index in [0.717, 1.165) is 4.90 Å². The summed E-state index contributed by atoms with van der Waals surface area (Å²) < 4.78 is 10.9. The van der Waals surface area contributed by atoms with Gasteiger partial charge in [0.05, 0.1) is 10.9 Å². The third-order valence-electron chi connectivity index (χ3n) is 4.89. The molecule has 0 aliphatic carbocycles. The molecule has 0 N–H and O–H groups in total. The Kier molecular flexibility index (Phi) is 7.25. The van der Waals surface area contributed by atoms with Crippen LogP contribution in [0.5, 0.6) is 11.5 Å². The summed E-state index contributed by atoms with van der Waals surface area (Å²) in [5.41, 5.74) is 0.403. The predicted molar refractivity (Wildman–Crippen MR) is 133 cm³/mol. The van der Waals surface area contributed by atoms with Gasteiger partial charge in [0.25, 0.3) is 0 Å². The van der Waals surface area contributed by atoms with Crippen molar-refractivity contribution in [2.24, 2.45) is 0 Å². The maximum Gasteiger partial charge on any atom is 0.347 e. The second-order valence-corrected chi connectivity index (χ2v) is 9.49. The fourth-order valence-electron chi connectivity index (χ4n) is 3.24. The van der Waals surface area contributed by atoms with Gasteiger partial charge in [-0.05, 0) is 67.6 Å². The molecule has 4 rings (SSSR count). The molecule has 168 valence electrons. The van der Waals surface area contributed by atoms with Gasteiger partial charge in [-0.3, -0.25) is 0 Å². The van der Waals surface area contributed by atoms with Crippen molar-refractivity contribution in [1.29, 1.82) is 0 Å². The van der Waals surface area contributed by atoms with Crippen LogP contribution in [-0.2, 0) is 15.7 Å². The van der Waals surface area contributed by atoms with Gasteiger partial charge >= 0.3 is 11.9 Å². The molecular formula is C29H23O4S+. The minimum Gasteiger partial charge on any atom is -0.423 e. The van der Waals surface area contributed by atoms with E-state index in [1.165, 1.54) is 9.79 Å². The molecule has 0 unspecified atom stereocenters. The highest BCUT2D eigenvalue weighted by molar-refractivity contribution is 7.97. The second-order valence-electron chi connectivity index (χ2n) is 7.46. The summed E-state index contributed by atoms with van der Waals surface area (Å²) in [6, 6.07) is 34.6. The molecule has 0 atom stereocenters. The number of para-hydroxylation sites is 1. The number of benzene rings is 4. The van der Waals surface area contributed by atoms with Gasteiger partial charge in [-0.2, -0.15) is 0 Å². The summed E-state index contributed by atoms with van der Waals surface area (Å²) in [4.78, 5) is 28.2. The van der Waals surface area contributed by atoms with Gasteiger partial charge in [0.15, 0.2) is 14.7 Å². The number of carbonyl (C=O) groups is 2. The van der Waals surface area contributed by atoms with Crippen LogP contribution in [-0.4, -0.2) is 11.9 Å². The quantitative estimate of drug-likeness (QED) is 0.135. The second kappa shape index (κ2) is 10.7. The van der Waals surface area contributed by atoms with Crippen molar-refractivity contribution >= 4 is 22.8 Å². The van der Waals surface area contributed by atoms with Crippen molar-refractivity contribution in [2.75, 3.05) is 0 Å². The molecule has 0 fully saturated rings. The van der Waals surface area contributed by atoms with Crippen molar-refractivity contribution < 1.29 is 19.1 Å². The average Bonchev–Trinajstić information content (AvgIpc) is 2.87. The van der Waals surface area contributed by atoms with Gasteiger partial charge in [0.2, 0.25) is 0 Å². The highest BCUT2D eigenvalue weighted by atomic mass is 32.2. The summed E-state index contributed by atoms with van der Waals surface area (Å²) in [5, 5.41) is 0. The van der Waals surface area contributed by atoms with Gasteiger partial charge in [-0.15, -0.1) is 0 Å². The molecule has 5 heteroatoms. The number of rotatable bonds is 7. The zero-order valence-electron chi connectivity index (χ0n) is 18.6. The van der Waals surface area contributed by atoms with Crippen molar-refractivity contribution in [3.8, 4) is 11.5 Å². The molecule has 0 aromatic heterocycles. The van der Waals surface area contributed by atoms with Crippen molar-refractivity contribution in [3.05, 3.63) is 127 Å². The zero-order valence-corrected chi connectivity index (χ0v) is 19.5. The first kappa shape index (κ1) is 23.1. The number of ether oxygens (including phenoxy) is 2. The highest BCUT2D eigenvalue weighted by Gasteiger charge is 2.28. The molecule has 0 radical (unpaired) electrons. The Balaban J connectivity index is 1.57. The lowest BCUT2D eigenvalue weighted by Gasteiger charge is -2.11. The van der Waals surface area contributed by atoms with E-state index in [0.29, 0.717) is 5.75 Å². The normalized spacial score (nSPS) is 10.5. The van der Waals surface area contributed by atoms with Crippen LogP contribution in [0, 0.1) is 0 Å². The minimum absolute atomic E-state index is 0.131. The van der Waals surface area contributed by atoms with Gasteiger partial charge < -0.3 is 9.47 Å². The molecule has 0 spiro atoms. The SMILES string of the molecule is C=C(C)C(=O)Oc1ccccc1C(=O)Oc1ccc([S+](c2ccccc2)c2ccccc2)cc1. The molecule has 0 saturated heterocycles. The molecule has 4 nitrogen and oxygen atoms in total. The highest BCUT2D eigenvalue weighted by Crippen LogP contribution is 2.32. The third-order valence-corrected chi connectivity index (χ3v) is 7.12. The molecule has 34 heavy (non-hydrogen) atoms. The largest absolute Gasteiger partial charge is 0.423 e. The average molecular weight is 468 g/mol. The molecular weight excluding hydrogens is 444 g/mol. The standard InChI is InChI=1S/C29H23O4S/c1-21(2)28(30)33-27-16-10-9-15-26(27)29(31)32-22-17-19-25(20-18-22)34(23-11-5-3-6-12-23)24-13-7-4-8-14-24/h3-20H,1H2,2H3/q+1. The smallest absolute Gasteiger partial charge is 0.347 e. The molecule has 0 aliphatic rings. The Bertz CT molecular complexity index is 1260. The van der Waals surface area contributed by atoms with E-state index in [1.807, 2.05) is 48.5 Å². The first-order chi connectivity index (χ1) is 16.5. The van der Waals surface area contributed by atoms with Gasteiger partial charge in [-0.1, -0.05) is 55.1 Å². The molecule has 0 heterocycles. The molecule has 0 saturated carbocycles. The lowest BCUT2D eigenvalue weighted by atomic mass is 10.2. The van der Waals surface area contributed by atoms with E-state index >= 15 is 0 Å². The topological polar surface area (TPSA) is 52.6 Å². The fourth-order valence-corrected chi connectivity index (χ4v) is 5.32. The summed E-state index contributed by atoms with van der Waals surface area (Å²) in [6.07, 6.45) is 0. The van der Waals surface area contributed by atoms with E-state index in [1.54, 1.807) is 43.3 Å². The van der Waals surface area contributed by atoms with Crippen LogP contribution >= 0.6 is 0 Å². The minimum atomic E-state index is -0.608. The lowest BCUT2D eigenvalue weighted by Crippen LogP contribution is -2.14. The Hall–Kier alpha value is -4.09. The monoisotopic (exact) mass is 467 g/mol. The van der Waals surface area contributed by atoms with Crippen LogP contribution in [0.3, 0.4) is 0 Å². The first-order valence-corrected chi connectivity index (χ1v) is 11.9. The Morgan fingerprint density at radius 1 is 0.647 bits per heavy atom. The van der Waals surface area contributed by atoms with Crippen molar-refractivity contribution in [2.45, 2.75) is 21.6 Å². The number of esters is 2. The molecule has 0 aliphatic heterocycles. The summed E-state index contributed by atoms with van der Waals surface area (Å²) in [7, 11) is -0.293. The van der Waals surface area contributed by atoms with Gasteiger partial charge in [-0.25, -0.2) is 9.59 Å². The van der Waals surface area contributed by atoms with Crippen LogP contribution in [0.25, 0.3) is 0 Å². The maximum absolute atomic E-state index is 12.8. The summed E-state index contributed by atoms with van der Waals surface area (Å²) in [6.45, 7) is 5.11. The van der Waals surface area contributed by atoms with Gasteiger partial charge in [0.1, 0.15) is 17.1 Å². The lowest BCUT2D eigenvalue weighted by molar-refractivity contribution is -0.130. The van der Waals surface area contributed by atoms with Crippen LogP contribution in [0.4, 0.5) is 0 Å². The first-order valence-electron chi connectivity index (χ1n) is 10.7. The predicted octanol–water partition coefficient (Wildman–Crippen LogP) is 6.48. The number of carbonyl (C=O) groups excluding carboxylic acids is 2. The third kappa shape index (κ3) is 5.45. The van der Waals surface area contributed by atoms with E-state index < -0.39 is 11.9 Å². The van der Waals surface area contributed by atoms with Crippen LogP contribution in [0.1, 0.15) is 17.3 Å². The Morgan fingerprint density at radius 2 is 1.15 bits per heavy atom. The van der Waals surface area contributed by atoms with Crippen molar-refractivity contribution in [1.82, 2.24) is 0 Å². The van der Waals surface area contributed by atoms with Crippen molar-refractivity contribution in [3.63, 3.8) is 0 Å². The molecule has 4 aromatic carbocycles. The van der Waals surface area contributed by atoms with E-state index in [9.17, 15) is 9.59 Å². The number of hydrogen-bond donors (Lipinski definition) is 0. The fraction of sp³-hybridized carbons (Fsp3) is 0.0345.